The Morgan fingerprint density at radius 3 is 2.67 bits per heavy atom. The van der Waals surface area contributed by atoms with E-state index in [1.54, 1.807) is 6.92 Å². The maximum Gasteiger partial charge on any atom is 0.435 e. The predicted octanol–water partition coefficient (Wildman–Crippen LogP) is 3.87. The van der Waals surface area contributed by atoms with Crippen molar-refractivity contribution in [1.82, 2.24) is 9.78 Å². The van der Waals surface area contributed by atoms with Gasteiger partial charge in [0.05, 0.1) is 0 Å². The second-order valence-electron chi connectivity index (χ2n) is 5.89. The fourth-order valence-electron chi connectivity index (χ4n) is 2.46. The normalized spacial score (nSPS) is 14.7. The van der Waals surface area contributed by atoms with Gasteiger partial charge in [-0.2, -0.15) is 18.3 Å². The number of hydrogen-bond donors (Lipinski definition) is 1. The predicted molar refractivity (Wildman–Crippen MR) is 79.0 cm³/mol. The van der Waals surface area contributed by atoms with Gasteiger partial charge in [-0.15, -0.1) is 0 Å². The van der Waals surface area contributed by atoms with Gasteiger partial charge in [0.15, 0.2) is 5.69 Å². The molecule has 0 atom stereocenters. The van der Waals surface area contributed by atoms with Crippen LogP contribution in [0.2, 0.25) is 0 Å². The lowest BCUT2D eigenvalue weighted by atomic mass is 10.2. The summed E-state index contributed by atoms with van der Waals surface area (Å²) in [5.41, 5.74) is 0.354. The molecule has 8 heteroatoms. The number of rotatable bonds is 4. The van der Waals surface area contributed by atoms with E-state index in [0.29, 0.717) is 11.3 Å². The zero-order valence-electron chi connectivity index (χ0n) is 12.8. The zero-order valence-corrected chi connectivity index (χ0v) is 12.8. The monoisotopic (exact) mass is 341 g/mol. The molecular weight excluding hydrogens is 326 g/mol. The summed E-state index contributed by atoms with van der Waals surface area (Å²) >= 11 is 0. The van der Waals surface area contributed by atoms with E-state index in [0.717, 1.165) is 23.6 Å². The van der Waals surface area contributed by atoms with Crippen LogP contribution in [0, 0.1) is 12.7 Å². The molecule has 0 spiro atoms. The van der Waals surface area contributed by atoms with Crippen molar-refractivity contribution in [2.45, 2.75) is 38.4 Å². The largest absolute Gasteiger partial charge is 0.435 e. The molecule has 0 saturated heterocycles. The van der Waals surface area contributed by atoms with E-state index in [4.69, 9.17) is 0 Å². The van der Waals surface area contributed by atoms with Gasteiger partial charge in [0.1, 0.15) is 12.4 Å². The van der Waals surface area contributed by atoms with Crippen LogP contribution < -0.4 is 5.32 Å². The average molecular weight is 341 g/mol. The topological polar surface area (TPSA) is 46.9 Å². The van der Waals surface area contributed by atoms with Crippen LogP contribution in [0.25, 0.3) is 0 Å². The Balaban J connectivity index is 1.79. The molecule has 24 heavy (non-hydrogen) atoms. The molecule has 1 aliphatic rings. The molecule has 0 radical (unpaired) electrons. The molecule has 3 rings (SSSR count). The minimum Gasteiger partial charge on any atom is -0.324 e. The average Bonchev–Trinajstić information content (AvgIpc) is 3.23. The zero-order chi connectivity index (χ0) is 17.5. The lowest BCUT2D eigenvalue weighted by Crippen LogP contribution is -2.21. The highest BCUT2D eigenvalue weighted by molar-refractivity contribution is 5.91. The van der Waals surface area contributed by atoms with Crippen molar-refractivity contribution in [2.75, 3.05) is 5.32 Å². The molecule has 1 N–H and O–H groups in total. The van der Waals surface area contributed by atoms with Crippen molar-refractivity contribution >= 4 is 11.6 Å². The first-order valence-corrected chi connectivity index (χ1v) is 7.45. The van der Waals surface area contributed by atoms with Gasteiger partial charge in [-0.05, 0) is 43.5 Å². The number of anilines is 1. The van der Waals surface area contributed by atoms with Gasteiger partial charge in [-0.1, -0.05) is 6.07 Å². The summed E-state index contributed by atoms with van der Waals surface area (Å²) in [7, 11) is 0. The summed E-state index contributed by atoms with van der Waals surface area (Å²) in [6.07, 6.45) is -2.98. The van der Waals surface area contributed by atoms with Crippen molar-refractivity contribution in [2.24, 2.45) is 0 Å². The molecule has 4 nitrogen and oxygen atoms in total. The van der Waals surface area contributed by atoms with Crippen LogP contribution in [0.15, 0.2) is 24.3 Å². The summed E-state index contributed by atoms with van der Waals surface area (Å²) < 4.78 is 52.8. The first-order chi connectivity index (χ1) is 11.2. The summed E-state index contributed by atoms with van der Waals surface area (Å²) in [4.78, 5) is 12.1. The molecule has 1 aromatic carbocycles. The molecular formula is C16H15F4N3O. The fourth-order valence-corrected chi connectivity index (χ4v) is 2.46. The summed E-state index contributed by atoms with van der Waals surface area (Å²) in [5, 5.41) is 6.03. The second kappa shape index (κ2) is 5.92. The number of nitrogens with one attached hydrogen (secondary N) is 1. The number of amides is 1. The summed E-state index contributed by atoms with van der Waals surface area (Å²) in [5.74, 6) is -1.05. The quantitative estimate of drug-likeness (QED) is 0.859. The standard InChI is InChI=1S/C16H15F4N3O/c1-9-2-5-11(17)6-12(9)21-15(24)8-23-13(10-3-4-10)7-14(22-23)16(18,19)20/h2,5-7,10H,3-4,8H2,1H3,(H,21,24). The fraction of sp³-hybridized carbons (Fsp3) is 0.375. The molecule has 1 amide bonds. The Morgan fingerprint density at radius 1 is 1.33 bits per heavy atom. The molecule has 1 aliphatic carbocycles. The van der Waals surface area contributed by atoms with Crippen molar-refractivity contribution in [3.63, 3.8) is 0 Å². The number of aryl methyl sites for hydroxylation is 1. The molecule has 1 aromatic heterocycles. The maximum absolute atomic E-state index is 13.2. The minimum atomic E-state index is -4.55. The summed E-state index contributed by atoms with van der Waals surface area (Å²) in [6.45, 7) is 1.35. The number of halogens is 4. The van der Waals surface area contributed by atoms with Gasteiger partial charge < -0.3 is 5.32 Å². The van der Waals surface area contributed by atoms with E-state index in [1.807, 2.05) is 0 Å². The molecule has 2 aromatic rings. The van der Waals surface area contributed by atoms with Crippen LogP contribution in [-0.2, 0) is 17.5 Å². The maximum atomic E-state index is 13.2. The lowest BCUT2D eigenvalue weighted by molar-refractivity contribution is -0.141. The van der Waals surface area contributed by atoms with Gasteiger partial charge in [0.2, 0.25) is 5.91 Å². The Labute approximate surface area is 135 Å². The number of carbonyl (C=O) groups excluding carboxylic acids is 1. The Bertz CT molecular complexity index is 778. The summed E-state index contributed by atoms with van der Waals surface area (Å²) in [6, 6.07) is 4.94. The van der Waals surface area contributed by atoms with Crippen molar-refractivity contribution in [3.05, 3.63) is 47.0 Å². The number of aromatic nitrogens is 2. The molecule has 0 unspecified atom stereocenters. The number of benzene rings is 1. The van der Waals surface area contributed by atoms with E-state index in [2.05, 4.69) is 10.4 Å². The molecule has 1 heterocycles. The number of nitrogens with zero attached hydrogens (tertiary/aromatic N) is 2. The Hall–Kier alpha value is -2.38. The van der Waals surface area contributed by atoms with Crippen LogP contribution in [-0.4, -0.2) is 15.7 Å². The highest BCUT2D eigenvalue weighted by Gasteiger charge is 2.38. The van der Waals surface area contributed by atoms with Gasteiger partial charge in [0.25, 0.3) is 0 Å². The van der Waals surface area contributed by atoms with E-state index < -0.39 is 23.6 Å². The molecule has 128 valence electrons. The molecule has 1 saturated carbocycles. The highest BCUT2D eigenvalue weighted by Crippen LogP contribution is 2.42. The molecule has 0 aliphatic heterocycles. The van der Waals surface area contributed by atoms with Crippen LogP contribution in [0.3, 0.4) is 0 Å². The van der Waals surface area contributed by atoms with Gasteiger partial charge in [0, 0.05) is 17.3 Å². The van der Waals surface area contributed by atoms with Crippen molar-refractivity contribution in [1.29, 1.82) is 0 Å². The third-order valence-electron chi connectivity index (χ3n) is 3.86. The third-order valence-corrected chi connectivity index (χ3v) is 3.86. The van der Waals surface area contributed by atoms with Gasteiger partial charge in [-0.25, -0.2) is 4.39 Å². The number of alkyl halides is 3. The van der Waals surface area contributed by atoms with Crippen molar-refractivity contribution < 1.29 is 22.4 Å². The van der Waals surface area contributed by atoms with E-state index in [-0.39, 0.29) is 18.2 Å². The first-order valence-electron chi connectivity index (χ1n) is 7.45. The van der Waals surface area contributed by atoms with E-state index in [1.165, 1.54) is 18.2 Å². The van der Waals surface area contributed by atoms with Gasteiger partial charge in [-0.3, -0.25) is 9.48 Å². The van der Waals surface area contributed by atoms with E-state index >= 15 is 0 Å². The molecule has 1 fully saturated rings. The Morgan fingerprint density at radius 2 is 2.04 bits per heavy atom. The van der Waals surface area contributed by atoms with Crippen LogP contribution in [0.5, 0.6) is 0 Å². The van der Waals surface area contributed by atoms with Crippen LogP contribution >= 0.6 is 0 Å². The Kier molecular flexibility index (Phi) is 4.06. The van der Waals surface area contributed by atoms with Gasteiger partial charge >= 0.3 is 6.18 Å². The number of hydrogen-bond acceptors (Lipinski definition) is 2. The van der Waals surface area contributed by atoms with Crippen molar-refractivity contribution in [3.8, 4) is 0 Å². The highest BCUT2D eigenvalue weighted by atomic mass is 19.4. The minimum absolute atomic E-state index is 0.0114. The smallest absolute Gasteiger partial charge is 0.324 e. The van der Waals surface area contributed by atoms with E-state index in [9.17, 15) is 22.4 Å². The third kappa shape index (κ3) is 3.58. The van der Waals surface area contributed by atoms with Crippen LogP contribution in [0.1, 0.15) is 35.7 Å². The van der Waals surface area contributed by atoms with Crippen LogP contribution in [0.4, 0.5) is 23.2 Å². The first kappa shape index (κ1) is 16.5. The molecule has 0 bridgehead atoms. The second-order valence-corrected chi connectivity index (χ2v) is 5.89. The SMILES string of the molecule is Cc1ccc(F)cc1NC(=O)Cn1nc(C(F)(F)F)cc1C1CC1. The number of carbonyl (C=O) groups is 1. The lowest BCUT2D eigenvalue weighted by Gasteiger charge is -2.10.